The van der Waals surface area contributed by atoms with Crippen LogP contribution in [0.2, 0.25) is 0 Å². The molecule has 2 rings (SSSR count). The van der Waals surface area contributed by atoms with Gasteiger partial charge < -0.3 is 10.4 Å². The van der Waals surface area contributed by atoms with Crippen molar-refractivity contribution in [3.63, 3.8) is 0 Å². The van der Waals surface area contributed by atoms with E-state index < -0.39 is 23.1 Å². The summed E-state index contributed by atoms with van der Waals surface area (Å²) in [5.74, 6) is -2.04. The van der Waals surface area contributed by atoms with E-state index in [1.54, 1.807) is 30.6 Å². The van der Waals surface area contributed by atoms with Gasteiger partial charge in [0.15, 0.2) is 0 Å². The van der Waals surface area contributed by atoms with Gasteiger partial charge in [-0.15, -0.1) is 0 Å². The minimum Gasteiger partial charge on any atom is -0.383 e. The lowest BCUT2D eigenvalue weighted by atomic mass is 9.95. The van der Waals surface area contributed by atoms with Crippen molar-refractivity contribution >= 4 is 12.0 Å². The van der Waals surface area contributed by atoms with Crippen molar-refractivity contribution in [2.75, 3.05) is 6.54 Å². The Hall–Kier alpha value is -2.60. The number of carbonyl (C=O) groups excluding carboxylic acids is 1. The van der Waals surface area contributed by atoms with E-state index in [2.05, 4.69) is 10.3 Å². The first-order valence-corrected chi connectivity index (χ1v) is 6.92. The summed E-state index contributed by atoms with van der Waals surface area (Å²) in [5.41, 5.74) is -0.996. The van der Waals surface area contributed by atoms with Gasteiger partial charge in [-0.2, -0.15) is 0 Å². The Kier molecular flexibility index (Phi) is 5.18. The molecule has 1 amide bonds. The summed E-state index contributed by atoms with van der Waals surface area (Å²) in [7, 11) is 0. The Morgan fingerprint density at radius 2 is 2.17 bits per heavy atom. The summed E-state index contributed by atoms with van der Waals surface area (Å²) in [6, 6.07) is 6.41. The van der Waals surface area contributed by atoms with Gasteiger partial charge in [0.1, 0.15) is 17.2 Å². The Bertz CT molecular complexity index is 716. The number of amides is 1. The molecule has 2 N–H and O–H groups in total. The van der Waals surface area contributed by atoms with E-state index >= 15 is 0 Å². The predicted octanol–water partition coefficient (Wildman–Crippen LogP) is 2.40. The average molecular weight is 318 g/mol. The normalized spacial score (nSPS) is 13.7. The highest BCUT2D eigenvalue weighted by atomic mass is 19.1. The average Bonchev–Trinajstić information content (AvgIpc) is 2.51. The van der Waals surface area contributed by atoms with Crippen LogP contribution in [-0.4, -0.2) is 22.5 Å². The third-order valence-electron chi connectivity index (χ3n) is 3.23. The largest absolute Gasteiger partial charge is 0.383 e. The smallest absolute Gasteiger partial charge is 0.244 e. The molecule has 1 atom stereocenters. The number of pyridine rings is 1. The lowest BCUT2D eigenvalue weighted by molar-refractivity contribution is -0.117. The SMILES string of the molecule is C[C@@](O)(CNC(=O)/C=C\c1cccnc1)c1ccc(F)cc1F. The monoisotopic (exact) mass is 318 g/mol. The van der Waals surface area contributed by atoms with Gasteiger partial charge in [0, 0.05) is 30.1 Å². The molecule has 0 spiro atoms. The Morgan fingerprint density at radius 1 is 1.39 bits per heavy atom. The number of carbonyl (C=O) groups is 1. The van der Waals surface area contributed by atoms with Crippen molar-refractivity contribution in [3.05, 3.63) is 71.6 Å². The molecule has 0 fully saturated rings. The second-order valence-corrected chi connectivity index (χ2v) is 5.24. The maximum absolute atomic E-state index is 13.7. The van der Waals surface area contributed by atoms with Gasteiger partial charge in [0.25, 0.3) is 0 Å². The first kappa shape index (κ1) is 16.8. The fourth-order valence-corrected chi connectivity index (χ4v) is 1.99. The molecule has 6 heteroatoms. The van der Waals surface area contributed by atoms with Crippen LogP contribution in [-0.2, 0) is 10.4 Å². The standard InChI is InChI=1S/C17H16F2N2O2/c1-17(23,14-6-5-13(18)9-15(14)19)11-21-16(22)7-4-12-3-2-8-20-10-12/h2-10,23H,11H2,1H3,(H,21,22)/b7-4-/t17-/m1/s1. The topological polar surface area (TPSA) is 62.2 Å². The second kappa shape index (κ2) is 7.11. The zero-order chi connectivity index (χ0) is 16.9. The number of nitrogens with one attached hydrogen (secondary N) is 1. The second-order valence-electron chi connectivity index (χ2n) is 5.24. The molecule has 0 aliphatic carbocycles. The zero-order valence-corrected chi connectivity index (χ0v) is 12.5. The number of rotatable bonds is 5. The lowest BCUT2D eigenvalue weighted by Crippen LogP contribution is -2.38. The highest BCUT2D eigenvalue weighted by Crippen LogP contribution is 2.23. The molecule has 23 heavy (non-hydrogen) atoms. The molecule has 0 unspecified atom stereocenters. The minimum atomic E-state index is -1.66. The van der Waals surface area contributed by atoms with Crippen LogP contribution in [0.1, 0.15) is 18.1 Å². The van der Waals surface area contributed by atoms with Crippen LogP contribution in [0, 0.1) is 11.6 Å². The first-order chi connectivity index (χ1) is 10.9. The molecule has 120 valence electrons. The summed E-state index contributed by atoms with van der Waals surface area (Å²) in [6.45, 7) is 1.13. The first-order valence-electron chi connectivity index (χ1n) is 6.92. The number of hydrogen-bond acceptors (Lipinski definition) is 3. The highest BCUT2D eigenvalue weighted by Gasteiger charge is 2.27. The van der Waals surface area contributed by atoms with E-state index in [4.69, 9.17) is 0 Å². The summed E-state index contributed by atoms with van der Waals surface area (Å²) in [6.07, 6.45) is 6.06. The van der Waals surface area contributed by atoms with Crippen LogP contribution in [0.15, 0.2) is 48.8 Å². The van der Waals surface area contributed by atoms with Gasteiger partial charge in [-0.05, 0) is 30.7 Å². The van der Waals surface area contributed by atoms with E-state index in [-0.39, 0.29) is 12.1 Å². The molecular weight excluding hydrogens is 302 g/mol. The van der Waals surface area contributed by atoms with Crippen LogP contribution in [0.4, 0.5) is 8.78 Å². The van der Waals surface area contributed by atoms with Gasteiger partial charge in [0.2, 0.25) is 5.91 Å². The van der Waals surface area contributed by atoms with Crippen LogP contribution in [0.25, 0.3) is 6.08 Å². The molecule has 2 aromatic rings. The van der Waals surface area contributed by atoms with E-state index in [1.807, 2.05) is 0 Å². The Morgan fingerprint density at radius 3 is 2.83 bits per heavy atom. The molecule has 1 heterocycles. The number of halogens is 2. The molecule has 0 radical (unpaired) electrons. The number of aliphatic hydroxyl groups is 1. The zero-order valence-electron chi connectivity index (χ0n) is 12.5. The van der Waals surface area contributed by atoms with Crippen LogP contribution < -0.4 is 5.32 Å². The van der Waals surface area contributed by atoms with Crippen LogP contribution in [0.3, 0.4) is 0 Å². The lowest BCUT2D eigenvalue weighted by Gasteiger charge is -2.24. The molecular formula is C17H16F2N2O2. The fraction of sp³-hybridized carbons (Fsp3) is 0.176. The third kappa shape index (κ3) is 4.69. The number of benzene rings is 1. The van der Waals surface area contributed by atoms with Crippen molar-refractivity contribution in [3.8, 4) is 0 Å². The molecule has 0 aliphatic heterocycles. The number of nitrogens with zero attached hydrogens (tertiary/aromatic N) is 1. The molecule has 1 aromatic carbocycles. The van der Waals surface area contributed by atoms with Crippen molar-refractivity contribution in [2.24, 2.45) is 0 Å². The van der Waals surface area contributed by atoms with Crippen molar-refractivity contribution < 1.29 is 18.7 Å². The minimum absolute atomic E-state index is 0.0876. The highest BCUT2D eigenvalue weighted by molar-refractivity contribution is 5.91. The van der Waals surface area contributed by atoms with Crippen molar-refractivity contribution in [1.29, 1.82) is 0 Å². The third-order valence-corrected chi connectivity index (χ3v) is 3.23. The van der Waals surface area contributed by atoms with Gasteiger partial charge in [-0.3, -0.25) is 9.78 Å². The van der Waals surface area contributed by atoms with E-state index in [9.17, 15) is 18.7 Å². The molecule has 4 nitrogen and oxygen atoms in total. The summed E-state index contributed by atoms with van der Waals surface area (Å²) in [4.78, 5) is 15.7. The molecule has 0 saturated carbocycles. The molecule has 1 aromatic heterocycles. The van der Waals surface area contributed by atoms with Gasteiger partial charge in [0.05, 0.1) is 6.54 Å². The number of hydrogen-bond donors (Lipinski definition) is 2. The van der Waals surface area contributed by atoms with E-state index in [0.29, 0.717) is 6.07 Å². The van der Waals surface area contributed by atoms with Crippen molar-refractivity contribution in [1.82, 2.24) is 10.3 Å². The maximum Gasteiger partial charge on any atom is 0.244 e. The Labute approximate surface area is 132 Å². The quantitative estimate of drug-likeness (QED) is 0.832. The predicted molar refractivity (Wildman–Crippen MR) is 82.2 cm³/mol. The summed E-state index contributed by atoms with van der Waals surface area (Å²) < 4.78 is 26.6. The van der Waals surface area contributed by atoms with E-state index in [0.717, 1.165) is 17.7 Å². The molecule has 0 saturated heterocycles. The van der Waals surface area contributed by atoms with Crippen LogP contribution in [0.5, 0.6) is 0 Å². The van der Waals surface area contributed by atoms with Gasteiger partial charge in [-0.1, -0.05) is 12.1 Å². The fourth-order valence-electron chi connectivity index (χ4n) is 1.99. The summed E-state index contributed by atoms with van der Waals surface area (Å²) in [5, 5.41) is 12.8. The molecule has 0 bridgehead atoms. The van der Waals surface area contributed by atoms with Gasteiger partial charge in [-0.25, -0.2) is 8.78 Å². The Balaban J connectivity index is 1.98. The van der Waals surface area contributed by atoms with E-state index in [1.165, 1.54) is 13.0 Å². The van der Waals surface area contributed by atoms with Crippen LogP contribution >= 0.6 is 0 Å². The maximum atomic E-state index is 13.7. The van der Waals surface area contributed by atoms with Crippen molar-refractivity contribution in [2.45, 2.75) is 12.5 Å². The molecule has 0 aliphatic rings. The van der Waals surface area contributed by atoms with Gasteiger partial charge >= 0.3 is 0 Å². The number of aromatic nitrogens is 1. The summed E-state index contributed by atoms with van der Waals surface area (Å²) >= 11 is 0.